The van der Waals surface area contributed by atoms with Crippen molar-refractivity contribution in [1.82, 2.24) is 10.2 Å². The molecule has 0 unspecified atom stereocenters. The van der Waals surface area contributed by atoms with Gasteiger partial charge >= 0.3 is 0 Å². The van der Waals surface area contributed by atoms with E-state index in [1.165, 1.54) is 16.2 Å². The van der Waals surface area contributed by atoms with Crippen LogP contribution in [0.3, 0.4) is 0 Å². The first-order chi connectivity index (χ1) is 11.6. The molecule has 0 aliphatic carbocycles. The van der Waals surface area contributed by atoms with Crippen LogP contribution < -0.4 is 5.32 Å². The minimum absolute atomic E-state index is 0.116. The van der Waals surface area contributed by atoms with Crippen LogP contribution in [0.1, 0.15) is 10.4 Å². The maximum Gasteiger partial charge on any atom is 0.293 e. The molecule has 1 saturated heterocycles. The van der Waals surface area contributed by atoms with Gasteiger partial charge in [0.05, 0.1) is 11.3 Å². The summed E-state index contributed by atoms with van der Waals surface area (Å²) in [6.45, 7) is 0.440. The fourth-order valence-corrected chi connectivity index (χ4v) is 4.40. The molecule has 124 valence electrons. The Morgan fingerprint density at radius 3 is 2.83 bits per heavy atom. The first kappa shape index (κ1) is 16.9. The van der Waals surface area contributed by atoms with Gasteiger partial charge in [-0.1, -0.05) is 6.07 Å². The van der Waals surface area contributed by atoms with Gasteiger partial charge < -0.3 is 5.32 Å². The molecule has 0 radical (unpaired) electrons. The Kier molecular flexibility index (Phi) is 5.49. The Morgan fingerprint density at radius 1 is 1.25 bits per heavy atom. The molecule has 3 rings (SSSR count). The first-order valence-electron chi connectivity index (χ1n) is 7.20. The molecule has 1 fully saturated rings. The predicted octanol–water partition coefficient (Wildman–Crippen LogP) is 3.20. The SMILES string of the molecule is O=C(Cc1ccsc1)NCCN1C(=O)SC(=Cc2cccs2)C1=O. The summed E-state index contributed by atoms with van der Waals surface area (Å²) in [5.74, 6) is -0.417. The van der Waals surface area contributed by atoms with E-state index in [0.717, 1.165) is 22.2 Å². The normalized spacial score (nSPS) is 16.2. The van der Waals surface area contributed by atoms with Gasteiger partial charge in [0, 0.05) is 18.0 Å². The van der Waals surface area contributed by atoms with Crippen molar-refractivity contribution in [3.8, 4) is 0 Å². The summed E-state index contributed by atoms with van der Waals surface area (Å²) in [6, 6.07) is 5.68. The zero-order valence-corrected chi connectivity index (χ0v) is 15.0. The largest absolute Gasteiger partial charge is 0.354 e. The highest BCUT2D eigenvalue weighted by atomic mass is 32.2. The van der Waals surface area contributed by atoms with E-state index in [0.29, 0.717) is 11.3 Å². The molecule has 2 aromatic heterocycles. The summed E-state index contributed by atoms with van der Waals surface area (Å²) >= 11 is 3.99. The number of hydrogen-bond acceptors (Lipinski definition) is 6. The average Bonchev–Trinajstić information content (AvgIpc) is 3.27. The molecule has 0 atom stereocenters. The van der Waals surface area contributed by atoms with Gasteiger partial charge in [0.15, 0.2) is 0 Å². The number of thioether (sulfide) groups is 1. The molecular weight excluding hydrogens is 364 g/mol. The topological polar surface area (TPSA) is 66.5 Å². The van der Waals surface area contributed by atoms with E-state index < -0.39 is 0 Å². The van der Waals surface area contributed by atoms with E-state index >= 15 is 0 Å². The summed E-state index contributed by atoms with van der Waals surface area (Å²) in [7, 11) is 0. The lowest BCUT2D eigenvalue weighted by molar-refractivity contribution is -0.124. The van der Waals surface area contributed by atoms with E-state index in [1.54, 1.807) is 17.4 Å². The summed E-state index contributed by atoms with van der Waals surface area (Å²) < 4.78 is 0. The van der Waals surface area contributed by atoms with Crippen molar-refractivity contribution in [1.29, 1.82) is 0 Å². The standard InChI is InChI=1S/C16H14N2O3S3/c19-14(8-11-3-7-22-10-11)17-4-5-18-15(20)13(24-16(18)21)9-12-2-1-6-23-12/h1-3,6-7,9-10H,4-5,8H2,(H,17,19). The van der Waals surface area contributed by atoms with Crippen LogP contribution in [0.2, 0.25) is 0 Å². The highest BCUT2D eigenvalue weighted by Crippen LogP contribution is 2.32. The lowest BCUT2D eigenvalue weighted by atomic mass is 10.2. The highest BCUT2D eigenvalue weighted by Gasteiger charge is 2.34. The number of carbonyl (C=O) groups excluding carboxylic acids is 3. The van der Waals surface area contributed by atoms with Crippen molar-refractivity contribution in [2.75, 3.05) is 13.1 Å². The fourth-order valence-electron chi connectivity index (χ4n) is 2.14. The molecule has 1 aliphatic rings. The maximum atomic E-state index is 12.3. The molecule has 8 heteroatoms. The highest BCUT2D eigenvalue weighted by molar-refractivity contribution is 8.18. The number of imide groups is 1. The Hall–Kier alpha value is -1.90. The summed E-state index contributed by atoms with van der Waals surface area (Å²) in [4.78, 5) is 38.6. The molecule has 0 aromatic carbocycles. The van der Waals surface area contributed by atoms with Crippen LogP contribution in [0.5, 0.6) is 0 Å². The third-order valence-corrected chi connectivity index (χ3v) is 5.75. The second-order valence-corrected chi connectivity index (χ2v) is 7.76. The summed E-state index contributed by atoms with van der Waals surface area (Å²) in [5, 5.41) is 8.20. The van der Waals surface area contributed by atoms with Crippen molar-refractivity contribution in [2.45, 2.75) is 6.42 Å². The monoisotopic (exact) mass is 378 g/mol. The Morgan fingerprint density at radius 2 is 2.12 bits per heavy atom. The van der Waals surface area contributed by atoms with Crippen LogP contribution >= 0.6 is 34.4 Å². The van der Waals surface area contributed by atoms with Crippen molar-refractivity contribution in [3.63, 3.8) is 0 Å². The number of carbonyl (C=O) groups is 3. The van der Waals surface area contributed by atoms with Crippen LogP contribution in [-0.2, 0) is 16.0 Å². The van der Waals surface area contributed by atoms with Gasteiger partial charge in [-0.3, -0.25) is 19.3 Å². The summed E-state index contributed by atoms with van der Waals surface area (Å²) in [5.41, 5.74) is 0.961. The predicted molar refractivity (Wildman–Crippen MR) is 98.0 cm³/mol. The number of hydrogen-bond donors (Lipinski definition) is 1. The van der Waals surface area contributed by atoms with Gasteiger partial charge in [0.1, 0.15) is 0 Å². The molecule has 1 aliphatic heterocycles. The molecule has 0 bridgehead atoms. The lowest BCUT2D eigenvalue weighted by Gasteiger charge is -2.12. The van der Waals surface area contributed by atoms with Gasteiger partial charge in [0.25, 0.3) is 11.1 Å². The van der Waals surface area contributed by atoms with E-state index in [4.69, 9.17) is 0 Å². The molecular formula is C16H14N2O3S3. The Bertz CT molecular complexity index is 767. The van der Waals surface area contributed by atoms with E-state index in [-0.39, 0.29) is 30.1 Å². The van der Waals surface area contributed by atoms with Gasteiger partial charge in [0.2, 0.25) is 5.91 Å². The van der Waals surface area contributed by atoms with Gasteiger partial charge in [-0.2, -0.15) is 11.3 Å². The number of nitrogens with one attached hydrogen (secondary N) is 1. The minimum Gasteiger partial charge on any atom is -0.354 e. The minimum atomic E-state index is -0.300. The van der Waals surface area contributed by atoms with Crippen molar-refractivity contribution in [2.24, 2.45) is 0 Å². The smallest absolute Gasteiger partial charge is 0.293 e. The van der Waals surface area contributed by atoms with E-state index in [2.05, 4.69) is 5.32 Å². The molecule has 0 saturated carbocycles. The molecule has 1 N–H and O–H groups in total. The molecule has 0 spiro atoms. The second kappa shape index (κ2) is 7.78. The third-order valence-electron chi connectivity index (χ3n) is 3.29. The van der Waals surface area contributed by atoms with Crippen LogP contribution in [0.4, 0.5) is 4.79 Å². The molecule has 5 nitrogen and oxygen atoms in total. The van der Waals surface area contributed by atoms with Gasteiger partial charge in [-0.25, -0.2) is 0 Å². The zero-order valence-electron chi connectivity index (χ0n) is 12.6. The Balaban J connectivity index is 1.51. The van der Waals surface area contributed by atoms with Gasteiger partial charge in [-0.05, 0) is 51.7 Å². The number of rotatable bonds is 6. The summed E-state index contributed by atoms with van der Waals surface area (Å²) in [6.07, 6.45) is 2.04. The molecule has 3 heterocycles. The van der Waals surface area contributed by atoms with E-state index in [1.807, 2.05) is 34.3 Å². The van der Waals surface area contributed by atoms with Crippen molar-refractivity contribution < 1.29 is 14.4 Å². The third kappa shape index (κ3) is 4.14. The van der Waals surface area contributed by atoms with Crippen LogP contribution in [0.25, 0.3) is 6.08 Å². The first-order valence-corrected chi connectivity index (χ1v) is 9.84. The van der Waals surface area contributed by atoms with Crippen LogP contribution in [0, 0.1) is 0 Å². The number of amides is 3. The van der Waals surface area contributed by atoms with Crippen molar-refractivity contribution in [3.05, 3.63) is 49.7 Å². The van der Waals surface area contributed by atoms with Crippen molar-refractivity contribution >= 4 is 57.6 Å². The quantitative estimate of drug-likeness (QED) is 0.784. The number of nitrogens with zero attached hydrogens (tertiary/aromatic N) is 1. The van der Waals surface area contributed by atoms with Crippen LogP contribution in [0.15, 0.2) is 39.2 Å². The second-order valence-electron chi connectivity index (χ2n) is 5.01. The van der Waals surface area contributed by atoms with E-state index in [9.17, 15) is 14.4 Å². The molecule has 24 heavy (non-hydrogen) atoms. The zero-order chi connectivity index (χ0) is 16.9. The maximum absolute atomic E-state index is 12.3. The van der Waals surface area contributed by atoms with Gasteiger partial charge in [-0.15, -0.1) is 11.3 Å². The Labute approximate surface area is 151 Å². The van der Waals surface area contributed by atoms with Crippen LogP contribution in [-0.4, -0.2) is 35.0 Å². The fraction of sp³-hybridized carbons (Fsp3) is 0.188. The molecule has 3 amide bonds. The average molecular weight is 379 g/mol. The molecule has 2 aromatic rings. The lowest BCUT2D eigenvalue weighted by Crippen LogP contribution is -2.37. The number of thiophene rings is 2.